The Hall–Kier alpha value is -1.59. The summed E-state index contributed by atoms with van der Waals surface area (Å²) in [6.45, 7) is 6.36. The van der Waals surface area contributed by atoms with E-state index in [1.165, 1.54) is 13.8 Å². The van der Waals surface area contributed by atoms with E-state index >= 15 is 0 Å². The molecule has 0 bridgehead atoms. The zero-order chi connectivity index (χ0) is 20.0. The fourth-order valence-corrected chi connectivity index (χ4v) is 2.76. The molecule has 1 aromatic carbocycles. The second kappa shape index (κ2) is 8.87. The number of carbonyl (C=O) groups excluding carboxylic acids is 1. The average Bonchev–Trinajstić information content (AvgIpc) is 2.57. The van der Waals surface area contributed by atoms with Gasteiger partial charge in [-0.2, -0.15) is 13.2 Å². The minimum atomic E-state index is -5.30. The molecular weight excluding hydrogens is 348 g/mol. The molecule has 0 saturated heterocycles. The molecule has 0 heterocycles. The largest absolute Gasteiger partial charge is 0.457 e. The van der Waals surface area contributed by atoms with E-state index in [-0.39, 0.29) is 0 Å². The molecular formula is C20H28F4O2. The van der Waals surface area contributed by atoms with Crippen molar-refractivity contribution in [2.45, 2.75) is 77.2 Å². The zero-order valence-electron chi connectivity index (χ0n) is 15.8. The van der Waals surface area contributed by atoms with E-state index in [9.17, 15) is 22.4 Å². The summed E-state index contributed by atoms with van der Waals surface area (Å²) in [7, 11) is 0. The molecule has 1 unspecified atom stereocenters. The van der Waals surface area contributed by atoms with Crippen LogP contribution in [0.3, 0.4) is 0 Å². The molecule has 0 saturated carbocycles. The van der Waals surface area contributed by atoms with E-state index in [1.54, 1.807) is 13.8 Å². The van der Waals surface area contributed by atoms with E-state index in [0.717, 1.165) is 5.56 Å². The van der Waals surface area contributed by atoms with Crippen molar-refractivity contribution >= 4 is 5.97 Å². The predicted octanol–water partition coefficient (Wildman–Crippen LogP) is 6.04. The van der Waals surface area contributed by atoms with Gasteiger partial charge in [0.2, 0.25) is 0 Å². The molecule has 1 rings (SSSR count). The van der Waals surface area contributed by atoms with Crippen molar-refractivity contribution < 1.29 is 27.1 Å². The van der Waals surface area contributed by atoms with Crippen LogP contribution in [0.2, 0.25) is 0 Å². The number of hydrogen-bond donors (Lipinski definition) is 0. The molecule has 6 heteroatoms. The van der Waals surface area contributed by atoms with Crippen LogP contribution in [0.15, 0.2) is 30.3 Å². The Morgan fingerprint density at radius 3 is 2.04 bits per heavy atom. The molecule has 0 spiro atoms. The van der Waals surface area contributed by atoms with Gasteiger partial charge in [0.05, 0.1) is 0 Å². The monoisotopic (exact) mass is 376 g/mol. The number of ether oxygens (including phenoxy) is 1. The Balaban J connectivity index is 2.87. The number of hydrogen-bond acceptors (Lipinski definition) is 2. The van der Waals surface area contributed by atoms with E-state index < -0.39 is 35.8 Å². The number of esters is 1. The normalized spacial score (nSPS) is 15.0. The Morgan fingerprint density at radius 1 is 1.04 bits per heavy atom. The molecule has 0 aromatic heterocycles. The molecule has 0 amide bonds. The summed E-state index contributed by atoms with van der Waals surface area (Å²) in [4.78, 5) is 12.2. The lowest BCUT2D eigenvalue weighted by atomic mass is 9.87. The highest BCUT2D eigenvalue weighted by molar-refractivity contribution is 5.81. The van der Waals surface area contributed by atoms with Gasteiger partial charge in [-0.25, -0.2) is 9.18 Å². The van der Waals surface area contributed by atoms with Crippen LogP contribution in [0, 0.1) is 5.92 Å². The highest BCUT2D eigenvalue weighted by Gasteiger charge is 2.64. The summed E-state index contributed by atoms with van der Waals surface area (Å²) >= 11 is 0. The first-order chi connectivity index (χ1) is 11.9. The molecule has 1 aromatic rings. The molecule has 0 fully saturated rings. The first-order valence-electron chi connectivity index (χ1n) is 8.98. The van der Waals surface area contributed by atoms with Crippen LogP contribution in [-0.4, -0.2) is 23.4 Å². The topological polar surface area (TPSA) is 26.3 Å². The number of halogens is 4. The molecule has 0 aliphatic rings. The number of benzene rings is 1. The van der Waals surface area contributed by atoms with Gasteiger partial charge in [-0.3, -0.25) is 0 Å². The molecule has 0 radical (unpaired) electrons. The van der Waals surface area contributed by atoms with Crippen molar-refractivity contribution in [3.8, 4) is 0 Å². The van der Waals surface area contributed by atoms with E-state index in [0.29, 0.717) is 25.7 Å². The molecule has 0 aliphatic heterocycles. The minimum absolute atomic E-state index is 0.293. The third-order valence-electron chi connectivity index (χ3n) is 4.73. The first kappa shape index (κ1) is 22.5. The van der Waals surface area contributed by atoms with Crippen LogP contribution >= 0.6 is 0 Å². The van der Waals surface area contributed by atoms with Crippen molar-refractivity contribution in [1.29, 1.82) is 0 Å². The SMILES string of the molecule is CCC(CC)CC(F)(C(=O)OC(C)(C)CCc1ccccc1)C(F)(F)F. The van der Waals surface area contributed by atoms with Gasteiger partial charge >= 0.3 is 17.8 Å². The van der Waals surface area contributed by atoms with Crippen LogP contribution in [-0.2, 0) is 16.0 Å². The second-order valence-electron chi connectivity index (χ2n) is 7.32. The zero-order valence-corrected chi connectivity index (χ0v) is 15.8. The third-order valence-corrected chi connectivity index (χ3v) is 4.73. The quantitative estimate of drug-likeness (QED) is 0.388. The highest BCUT2D eigenvalue weighted by Crippen LogP contribution is 2.42. The Kier molecular flexibility index (Phi) is 7.66. The molecule has 1 atom stereocenters. The number of alkyl halides is 4. The Labute approximate surface area is 152 Å². The maximum absolute atomic E-state index is 14.8. The number of rotatable bonds is 9. The number of aryl methyl sites for hydroxylation is 1. The first-order valence-corrected chi connectivity index (χ1v) is 8.98. The molecule has 148 valence electrons. The third kappa shape index (κ3) is 5.99. The van der Waals surface area contributed by atoms with E-state index in [1.807, 2.05) is 30.3 Å². The van der Waals surface area contributed by atoms with Gasteiger partial charge in [0.1, 0.15) is 5.60 Å². The average molecular weight is 376 g/mol. The molecule has 2 nitrogen and oxygen atoms in total. The maximum atomic E-state index is 14.8. The van der Waals surface area contributed by atoms with E-state index in [2.05, 4.69) is 0 Å². The fraction of sp³-hybridized carbons (Fsp3) is 0.650. The van der Waals surface area contributed by atoms with Gasteiger partial charge in [-0.15, -0.1) is 0 Å². The summed E-state index contributed by atoms with van der Waals surface area (Å²) in [6, 6.07) is 9.30. The fourth-order valence-electron chi connectivity index (χ4n) is 2.76. The minimum Gasteiger partial charge on any atom is -0.457 e. The summed E-state index contributed by atoms with van der Waals surface area (Å²) < 4.78 is 59.8. The van der Waals surface area contributed by atoms with Crippen LogP contribution in [0.25, 0.3) is 0 Å². The van der Waals surface area contributed by atoms with Gasteiger partial charge in [0.15, 0.2) is 0 Å². The van der Waals surface area contributed by atoms with Gasteiger partial charge in [0.25, 0.3) is 0 Å². The van der Waals surface area contributed by atoms with Crippen molar-refractivity contribution in [2.24, 2.45) is 5.92 Å². The summed E-state index contributed by atoms with van der Waals surface area (Å²) in [5.74, 6) is -2.38. The van der Waals surface area contributed by atoms with Crippen molar-refractivity contribution in [3.05, 3.63) is 35.9 Å². The standard InChI is InChI=1S/C20H28F4O2/c1-5-15(6-2)14-19(21,20(22,23)24)17(25)26-18(3,4)13-12-16-10-8-7-9-11-16/h7-11,15H,5-6,12-14H2,1-4H3. The van der Waals surface area contributed by atoms with Crippen LogP contribution in [0.5, 0.6) is 0 Å². The van der Waals surface area contributed by atoms with Crippen LogP contribution in [0.4, 0.5) is 17.6 Å². The lowest BCUT2D eigenvalue weighted by Gasteiger charge is -2.33. The van der Waals surface area contributed by atoms with Gasteiger partial charge in [-0.05, 0) is 38.2 Å². The predicted molar refractivity (Wildman–Crippen MR) is 93.5 cm³/mol. The van der Waals surface area contributed by atoms with Gasteiger partial charge < -0.3 is 4.74 Å². The second-order valence-corrected chi connectivity index (χ2v) is 7.32. The smallest absolute Gasteiger partial charge is 0.433 e. The Bertz CT molecular complexity index is 565. The molecule has 0 aliphatic carbocycles. The Morgan fingerprint density at radius 2 is 1.58 bits per heavy atom. The maximum Gasteiger partial charge on any atom is 0.433 e. The lowest BCUT2D eigenvalue weighted by Crippen LogP contribution is -2.52. The summed E-state index contributed by atoms with van der Waals surface area (Å²) in [5.41, 5.74) is -4.21. The van der Waals surface area contributed by atoms with Crippen LogP contribution in [0.1, 0.15) is 58.9 Å². The number of carbonyl (C=O) groups is 1. The lowest BCUT2D eigenvalue weighted by molar-refractivity contribution is -0.249. The summed E-state index contributed by atoms with van der Waals surface area (Å²) in [6.07, 6.45) is -4.67. The van der Waals surface area contributed by atoms with Gasteiger partial charge in [-0.1, -0.05) is 57.0 Å². The van der Waals surface area contributed by atoms with Crippen molar-refractivity contribution in [2.75, 3.05) is 0 Å². The summed E-state index contributed by atoms with van der Waals surface area (Å²) in [5, 5.41) is 0. The van der Waals surface area contributed by atoms with E-state index in [4.69, 9.17) is 4.74 Å². The molecule has 26 heavy (non-hydrogen) atoms. The van der Waals surface area contributed by atoms with Crippen molar-refractivity contribution in [1.82, 2.24) is 0 Å². The van der Waals surface area contributed by atoms with Crippen LogP contribution < -0.4 is 0 Å². The van der Waals surface area contributed by atoms with Gasteiger partial charge in [0, 0.05) is 6.42 Å². The van der Waals surface area contributed by atoms with Crippen molar-refractivity contribution in [3.63, 3.8) is 0 Å². The highest BCUT2D eigenvalue weighted by atomic mass is 19.4. The molecule has 0 N–H and O–H groups in total.